The number of nitrogens with one attached hydrogen (secondary N) is 1. The number of phenolic OH excluding ortho intramolecular Hbond substituents is 1. The molecule has 3 N–H and O–H groups in total. The zero-order chi connectivity index (χ0) is 13.9. The van der Waals surface area contributed by atoms with Crippen LogP contribution in [0.1, 0.15) is 18.9 Å². The molecule has 0 aromatic heterocycles. The predicted molar refractivity (Wildman–Crippen MR) is 73.5 cm³/mol. The SMILES string of the molecule is CCOc1cc(CNCCCOCCO)ccc1O. The zero-order valence-electron chi connectivity index (χ0n) is 11.4. The summed E-state index contributed by atoms with van der Waals surface area (Å²) in [6.07, 6.45) is 0.899. The van der Waals surface area contributed by atoms with E-state index in [0.717, 1.165) is 25.1 Å². The molecule has 5 heteroatoms. The third kappa shape index (κ3) is 6.42. The minimum atomic E-state index is 0.0706. The number of aromatic hydroxyl groups is 1. The molecule has 0 spiro atoms. The second-order valence-electron chi connectivity index (χ2n) is 4.10. The topological polar surface area (TPSA) is 71.0 Å². The fourth-order valence-electron chi connectivity index (χ4n) is 1.64. The second kappa shape index (κ2) is 9.61. The monoisotopic (exact) mass is 269 g/mol. The summed E-state index contributed by atoms with van der Waals surface area (Å²) in [7, 11) is 0. The third-order valence-electron chi connectivity index (χ3n) is 2.53. The van der Waals surface area contributed by atoms with Crippen molar-refractivity contribution in [3.63, 3.8) is 0 Å². The van der Waals surface area contributed by atoms with Gasteiger partial charge in [-0.25, -0.2) is 0 Å². The summed E-state index contributed by atoms with van der Waals surface area (Å²) in [5.41, 5.74) is 1.07. The van der Waals surface area contributed by atoms with Crippen LogP contribution in [0.5, 0.6) is 11.5 Å². The van der Waals surface area contributed by atoms with Gasteiger partial charge in [0.1, 0.15) is 0 Å². The highest BCUT2D eigenvalue weighted by atomic mass is 16.5. The summed E-state index contributed by atoms with van der Waals surface area (Å²) in [6.45, 7) is 5.10. The van der Waals surface area contributed by atoms with Gasteiger partial charge < -0.3 is 25.0 Å². The van der Waals surface area contributed by atoms with Crippen molar-refractivity contribution in [3.8, 4) is 11.5 Å². The van der Waals surface area contributed by atoms with Gasteiger partial charge in [0, 0.05) is 13.2 Å². The first-order chi connectivity index (χ1) is 9.27. The Hall–Kier alpha value is -1.30. The minimum absolute atomic E-state index is 0.0706. The third-order valence-corrected chi connectivity index (χ3v) is 2.53. The Labute approximate surface area is 114 Å². The van der Waals surface area contributed by atoms with Crippen molar-refractivity contribution in [1.29, 1.82) is 0 Å². The lowest BCUT2D eigenvalue weighted by Gasteiger charge is -2.09. The van der Waals surface area contributed by atoms with Crippen molar-refractivity contribution >= 4 is 0 Å². The normalized spacial score (nSPS) is 10.6. The summed E-state index contributed by atoms with van der Waals surface area (Å²) in [5, 5.41) is 21.4. The van der Waals surface area contributed by atoms with Crippen LogP contribution in [0.3, 0.4) is 0 Å². The minimum Gasteiger partial charge on any atom is -0.504 e. The first-order valence-electron chi connectivity index (χ1n) is 6.62. The molecule has 0 heterocycles. The molecule has 1 aromatic carbocycles. The molecule has 0 aliphatic carbocycles. The smallest absolute Gasteiger partial charge is 0.161 e. The number of aliphatic hydroxyl groups is 1. The molecular formula is C14H23NO4. The highest BCUT2D eigenvalue weighted by molar-refractivity contribution is 5.41. The van der Waals surface area contributed by atoms with E-state index in [1.54, 1.807) is 6.07 Å². The molecular weight excluding hydrogens is 246 g/mol. The molecule has 108 valence electrons. The Morgan fingerprint density at radius 3 is 2.84 bits per heavy atom. The van der Waals surface area contributed by atoms with Crippen LogP contribution in [0.4, 0.5) is 0 Å². The van der Waals surface area contributed by atoms with Crippen molar-refractivity contribution in [3.05, 3.63) is 23.8 Å². The van der Waals surface area contributed by atoms with E-state index in [0.29, 0.717) is 25.6 Å². The first kappa shape index (κ1) is 15.8. The quantitative estimate of drug-likeness (QED) is 0.558. The highest BCUT2D eigenvalue weighted by Crippen LogP contribution is 2.26. The summed E-state index contributed by atoms with van der Waals surface area (Å²) in [6, 6.07) is 5.35. The van der Waals surface area contributed by atoms with Crippen molar-refractivity contribution in [2.75, 3.05) is 33.0 Å². The largest absolute Gasteiger partial charge is 0.504 e. The van der Waals surface area contributed by atoms with Gasteiger partial charge in [0.15, 0.2) is 11.5 Å². The number of rotatable bonds is 10. The Bertz CT molecular complexity index is 357. The maximum Gasteiger partial charge on any atom is 0.161 e. The molecule has 0 bridgehead atoms. The fraction of sp³-hybridized carbons (Fsp3) is 0.571. The van der Waals surface area contributed by atoms with Gasteiger partial charge in [0.2, 0.25) is 0 Å². The molecule has 0 aliphatic heterocycles. The molecule has 0 fully saturated rings. The number of hydrogen-bond acceptors (Lipinski definition) is 5. The van der Waals surface area contributed by atoms with E-state index in [1.165, 1.54) is 0 Å². The standard InChI is InChI=1S/C14H23NO4/c1-2-19-14-10-12(4-5-13(14)17)11-15-6-3-8-18-9-7-16/h4-5,10,15-17H,2-3,6-9,11H2,1H3. The molecule has 1 rings (SSSR count). The van der Waals surface area contributed by atoms with Crippen LogP contribution >= 0.6 is 0 Å². The van der Waals surface area contributed by atoms with Crippen LogP contribution < -0.4 is 10.1 Å². The summed E-state index contributed by atoms with van der Waals surface area (Å²) < 4.78 is 10.5. The van der Waals surface area contributed by atoms with Gasteiger partial charge in [-0.1, -0.05) is 6.07 Å². The molecule has 0 atom stereocenters. The van der Waals surface area contributed by atoms with Crippen molar-refractivity contribution in [1.82, 2.24) is 5.32 Å². The van der Waals surface area contributed by atoms with Crippen LogP contribution in [-0.2, 0) is 11.3 Å². The Morgan fingerprint density at radius 1 is 1.26 bits per heavy atom. The highest BCUT2D eigenvalue weighted by Gasteiger charge is 2.03. The lowest BCUT2D eigenvalue weighted by molar-refractivity contribution is 0.0907. The van der Waals surface area contributed by atoms with E-state index in [2.05, 4.69) is 5.32 Å². The van der Waals surface area contributed by atoms with Gasteiger partial charge >= 0.3 is 0 Å². The average molecular weight is 269 g/mol. The van der Waals surface area contributed by atoms with Crippen LogP contribution in [0.15, 0.2) is 18.2 Å². The average Bonchev–Trinajstić information content (AvgIpc) is 2.41. The van der Waals surface area contributed by atoms with E-state index in [1.807, 2.05) is 19.1 Å². The van der Waals surface area contributed by atoms with E-state index in [4.69, 9.17) is 14.6 Å². The van der Waals surface area contributed by atoms with Gasteiger partial charge in [-0.3, -0.25) is 0 Å². The van der Waals surface area contributed by atoms with E-state index >= 15 is 0 Å². The maximum absolute atomic E-state index is 9.58. The van der Waals surface area contributed by atoms with Gasteiger partial charge in [0.05, 0.1) is 19.8 Å². The van der Waals surface area contributed by atoms with Crippen LogP contribution in [0, 0.1) is 0 Å². The number of ether oxygens (including phenoxy) is 2. The van der Waals surface area contributed by atoms with Crippen LogP contribution in [0.2, 0.25) is 0 Å². The Morgan fingerprint density at radius 2 is 2.11 bits per heavy atom. The number of benzene rings is 1. The van der Waals surface area contributed by atoms with E-state index in [9.17, 15) is 5.11 Å². The maximum atomic E-state index is 9.58. The van der Waals surface area contributed by atoms with E-state index in [-0.39, 0.29) is 12.4 Å². The van der Waals surface area contributed by atoms with Crippen molar-refractivity contribution in [2.45, 2.75) is 19.9 Å². The summed E-state index contributed by atoms with van der Waals surface area (Å²) in [5.74, 6) is 0.691. The summed E-state index contributed by atoms with van der Waals surface area (Å²) >= 11 is 0. The molecule has 0 unspecified atom stereocenters. The molecule has 19 heavy (non-hydrogen) atoms. The molecule has 0 amide bonds. The molecule has 5 nitrogen and oxygen atoms in total. The Kier molecular flexibility index (Phi) is 7.97. The molecule has 0 saturated carbocycles. The zero-order valence-corrected chi connectivity index (χ0v) is 11.4. The van der Waals surface area contributed by atoms with E-state index < -0.39 is 0 Å². The number of hydrogen-bond donors (Lipinski definition) is 3. The van der Waals surface area contributed by atoms with Crippen molar-refractivity contribution < 1.29 is 19.7 Å². The fourth-order valence-corrected chi connectivity index (χ4v) is 1.64. The summed E-state index contributed by atoms with van der Waals surface area (Å²) in [4.78, 5) is 0. The number of phenols is 1. The molecule has 0 aliphatic rings. The van der Waals surface area contributed by atoms with Crippen LogP contribution in [0.25, 0.3) is 0 Å². The second-order valence-corrected chi connectivity index (χ2v) is 4.10. The van der Waals surface area contributed by atoms with Gasteiger partial charge in [0.25, 0.3) is 0 Å². The Balaban J connectivity index is 2.23. The van der Waals surface area contributed by atoms with Crippen LogP contribution in [-0.4, -0.2) is 43.2 Å². The lowest BCUT2D eigenvalue weighted by Crippen LogP contribution is -2.16. The van der Waals surface area contributed by atoms with Gasteiger partial charge in [-0.2, -0.15) is 0 Å². The number of aliphatic hydroxyl groups excluding tert-OH is 1. The van der Waals surface area contributed by atoms with Gasteiger partial charge in [-0.05, 0) is 37.6 Å². The molecule has 0 radical (unpaired) electrons. The molecule has 1 aromatic rings. The predicted octanol–water partition coefficient (Wildman–Crippen LogP) is 1.28. The van der Waals surface area contributed by atoms with Gasteiger partial charge in [-0.15, -0.1) is 0 Å². The first-order valence-corrected chi connectivity index (χ1v) is 6.62. The molecule has 0 saturated heterocycles. The lowest BCUT2D eigenvalue weighted by atomic mass is 10.2. The van der Waals surface area contributed by atoms with Crippen molar-refractivity contribution in [2.24, 2.45) is 0 Å².